The number of thiol groups is 1. The van der Waals surface area contributed by atoms with Gasteiger partial charge in [0.15, 0.2) is 0 Å². The Kier molecular flexibility index (Phi) is 9.91. The largest absolute Gasteiger partial charge is 0.497 e. The van der Waals surface area contributed by atoms with Gasteiger partial charge >= 0.3 is 0 Å². The van der Waals surface area contributed by atoms with Crippen molar-refractivity contribution in [1.29, 1.82) is 0 Å². The Morgan fingerprint density at radius 2 is 1.71 bits per heavy atom. The quantitative estimate of drug-likeness (QED) is 0.347. The van der Waals surface area contributed by atoms with Crippen molar-refractivity contribution in [3.05, 3.63) is 71.0 Å². The third-order valence-corrected chi connectivity index (χ3v) is 5.11. The van der Waals surface area contributed by atoms with Crippen LogP contribution in [0.5, 0.6) is 5.75 Å². The summed E-state index contributed by atoms with van der Waals surface area (Å²) < 4.78 is 5.16. The Bertz CT molecular complexity index is 593. The van der Waals surface area contributed by atoms with E-state index >= 15 is 0 Å². The molecule has 2 nitrogen and oxygen atoms in total. The van der Waals surface area contributed by atoms with Crippen LogP contribution in [0.1, 0.15) is 18.4 Å². The molecule has 130 valence electrons. The van der Waals surface area contributed by atoms with Gasteiger partial charge in [0.1, 0.15) is 5.75 Å². The van der Waals surface area contributed by atoms with E-state index in [9.17, 15) is 0 Å². The maximum absolute atomic E-state index is 5.16. The van der Waals surface area contributed by atoms with Crippen molar-refractivity contribution in [1.82, 2.24) is 5.32 Å². The molecule has 1 aromatic carbocycles. The molecule has 24 heavy (non-hydrogen) atoms. The zero-order valence-corrected chi connectivity index (χ0v) is 16.7. The van der Waals surface area contributed by atoms with Crippen LogP contribution in [-0.4, -0.2) is 18.6 Å². The molecule has 0 radical (unpaired) electrons. The molecule has 1 rings (SSSR count). The number of methoxy groups -OCH3 is 1. The monoisotopic (exact) mass is 379 g/mol. The molecular weight excluding hydrogens is 354 g/mol. The summed E-state index contributed by atoms with van der Waals surface area (Å²) in [5.74, 6) is 2.92. The number of ether oxygens (including phenoxy) is 1. The van der Waals surface area contributed by atoms with Crippen molar-refractivity contribution >= 4 is 41.8 Å². The summed E-state index contributed by atoms with van der Waals surface area (Å²) in [6, 6.07) is 7.75. The van der Waals surface area contributed by atoms with Crippen LogP contribution < -0.4 is 10.1 Å². The molecule has 0 fully saturated rings. The van der Waals surface area contributed by atoms with Crippen LogP contribution in [-0.2, 0) is 0 Å². The SMILES string of the molecule is C=C(S)CCSCCC(=C)SC(=C)NC(=C)c1ccc(OC)cc1. The van der Waals surface area contributed by atoms with Crippen LogP contribution in [0.25, 0.3) is 5.70 Å². The van der Waals surface area contributed by atoms with Gasteiger partial charge in [-0.3, -0.25) is 0 Å². The normalized spacial score (nSPS) is 10.1. The van der Waals surface area contributed by atoms with Gasteiger partial charge in [-0.25, -0.2) is 0 Å². The van der Waals surface area contributed by atoms with Gasteiger partial charge in [-0.15, -0.1) is 12.6 Å². The topological polar surface area (TPSA) is 21.3 Å². The van der Waals surface area contributed by atoms with Gasteiger partial charge in [0, 0.05) is 5.70 Å². The number of hydrogen-bond acceptors (Lipinski definition) is 5. The average molecular weight is 380 g/mol. The van der Waals surface area contributed by atoms with Crippen molar-refractivity contribution in [2.75, 3.05) is 18.6 Å². The van der Waals surface area contributed by atoms with Gasteiger partial charge in [-0.2, -0.15) is 11.8 Å². The van der Waals surface area contributed by atoms with E-state index in [0.717, 1.165) is 56.2 Å². The van der Waals surface area contributed by atoms with Gasteiger partial charge in [0.25, 0.3) is 0 Å². The molecule has 0 atom stereocenters. The molecule has 0 aliphatic carbocycles. The first-order valence-corrected chi connectivity index (χ1v) is 9.93. The maximum Gasteiger partial charge on any atom is 0.118 e. The molecular formula is C19H25NOS3. The number of allylic oxidation sites excluding steroid dienone is 2. The van der Waals surface area contributed by atoms with Gasteiger partial charge in [-0.05, 0) is 64.0 Å². The second-order valence-corrected chi connectivity index (χ2v) is 8.21. The molecule has 0 amide bonds. The Morgan fingerprint density at radius 1 is 1.08 bits per heavy atom. The summed E-state index contributed by atoms with van der Waals surface area (Å²) in [4.78, 5) is 2.03. The lowest BCUT2D eigenvalue weighted by Gasteiger charge is -2.13. The van der Waals surface area contributed by atoms with Crippen molar-refractivity contribution in [2.45, 2.75) is 12.8 Å². The second-order valence-electron chi connectivity index (χ2n) is 5.07. The molecule has 5 heteroatoms. The average Bonchev–Trinajstić information content (AvgIpc) is 2.54. The molecule has 0 saturated carbocycles. The molecule has 0 aliphatic heterocycles. The summed E-state index contributed by atoms with van der Waals surface area (Å²) in [5, 5.41) is 4.05. The lowest BCUT2D eigenvalue weighted by Crippen LogP contribution is -2.07. The molecule has 0 bridgehead atoms. The number of rotatable bonds is 12. The third kappa shape index (κ3) is 8.62. The summed E-state index contributed by atoms with van der Waals surface area (Å²) in [5.41, 5.74) is 1.82. The smallest absolute Gasteiger partial charge is 0.118 e. The van der Waals surface area contributed by atoms with E-state index in [1.54, 1.807) is 18.9 Å². The zero-order valence-electron chi connectivity index (χ0n) is 14.1. The maximum atomic E-state index is 5.16. The molecule has 0 spiro atoms. The summed E-state index contributed by atoms with van der Waals surface area (Å²) in [6.07, 6.45) is 1.90. The van der Waals surface area contributed by atoms with Gasteiger partial charge in [0.2, 0.25) is 0 Å². The van der Waals surface area contributed by atoms with E-state index in [1.807, 2.05) is 36.0 Å². The second kappa shape index (κ2) is 11.4. The standard InChI is InChI=1S/C19H25NOS3/c1-14(22)10-12-23-13-11-15(2)24-17(4)20-16(3)18-6-8-19(21-5)9-7-18/h6-9,20,22H,1-4,10-13H2,5H3. The molecule has 0 heterocycles. The molecule has 1 aromatic rings. The summed E-state index contributed by atoms with van der Waals surface area (Å²) in [7, 11) is 1.65. The van der Waals surface area contributed by atoms with Crippen LogP contribution in [0.4, 0.5) is 0 Å². The molecule has 0 unspecified atom stereocenters. The number of nitrogens with one attached hydrogen (secondary N) is 1. The van der Waals surface area contributed by atoms with Gasteiger partial charge < -0.3 is 10.1 Å². The number of thioether (sulfide) groups is 2. The fourth-order valence-corrected chi connectivity index (χ4v) is 3.87. The Labute approximate surface area is 159 Å². The number of hydrogen-bond donors (Lipinski definition) is 2. The predicted octanol–water partition coefficient (Wildman–Crippen LogP) is 5.93. The lowest BCUT2D eigenvalue weighted by molar-refractivity contribution is 0.415. The van der Waals surface area contributed by atoms with E-state index in [4.69, 9.17) is 4.74 Å². The lowest BCUT2D eigenvalue weighted by atomic mass is 10.2. The van der Waals surface area contributed by atoms with Crippen LogP contribution in [0.15, 0.2) is 65.4 Å². The Balaban J connectivity index is 2.30. The Morgan fingerprint density at radius 3 is 2.29 bits per heavy atom. The predicted molar refractivity (Wildman–Crippen MR) is 116 cm³/mol. The van der Waals surface area contributed by atoms with Crippen LogP contribution in [0.3, 0.4) is 0 Å². The summed E-state index contributed by atoms with van der Waals surface area (Å²) in [6.45, 7) is 16.0. The molecule has 0 aliphatic rings. The minimum Gasteiger partial charge on any atom is -0.497 e. The van der Waals surface area contributed by atoms with E-state index in [2.05, 4.69) is 44.3 Å². The van der Waals surface area contributed by atoms with Crippen molar-refractivity contribution in [3.8, 4) is 5.75 Å². The molecule has 0 aromatic heterocycles. The van der Waals surface area contributed by atoms with Crippen molar-refractivity contribution < 1.29 is 4.74 Å². The zero-order chi connectivity index (χ0) is 17.9. The fraction of sp³-hybridized carbons (Fsp3) is 0.263. The highest BCUT2D eigenvalue weighted by Gasteiger charge is 2.04. The summed E-state index contributed by atoms with van der Waals surface area (Å²) >= 11 is 7.65. The first-order chi connectivity index (χ1) is 11.4. The van der Waals surface area contributed by atoms with Gasteiger partial charge in [0.05, 0.1) is 12.1 Å². The van der Waals surface area contributed by atoms with Crippen LogP contribution in [0.2, 0.25) is 0 Å². The minimum absolute atomic E-state index is 0.810. The van der Waals surface area contributed by atoms with Crippen molar-refractivity contribution in [2.24, 2.45) is 0 Å². The van der Waals surface area contributed by atoms with Crippen LogP contribution >= 0.6 is 36.2 Å². The first-order valence-electron chi connectivity index (χ1n) is 7.51. The highest BCUT2D eigenvalue weighted by molar-refractivity contribution is 8.06. The minimum atomic E-state index is 0.810. The third-order valence-electron chi connectivity index (χ3n) is 3.06. The Hall–Kier alpha value is -1.17. The first kappa shape index (κ1) is 20.9. The van der Waals surface area contributed by atoms with Crippen molar-refractivity contribution in [3.63, 3.8) is 0 Å². The molecule has 0 saturated heterocycles. The number of benzene rings is 1. The van der Waals surface area contributed by atoms with Crippen LogP contribution in [0, 0.1) is 0 Å². The van der Waals surface area contributed by atoms with E-state index in [1.165, 1.54) is 0 Å². The highest BCUT2D eigenvalue weighted by Crippen LogP contribution is 2.27. The van der Waals surface area contributed by atoms with E-state index < -0.39 is 0 Å². The van der Waals surface area contributed by atoms with E-state index in [-0.39, 0.29) is 0 Å². The van der Waals surface area contributed by atoms with E-state index in [0.29, 0.717) is 0 Å². The highest BCUT2D eigenvalue weighted by atomic mass is 32.2. The fourth-order valence-electron chi connectivity index (χ4n) is 1.76. The molecule has 1 N–H and O–H groups in total. The van der Waals surface area contributed by atoms with Gasteiger partial charge in [-0.1, -0.05) is 38.1 Å².